The monoisotopic (exact) mass is 401 g/mol. The van der Waals surface area contributed by atoms with Crippen molar-refractivity contribution in [3.8, 4) is 0 Å². The van der Waals surface area contributed by atoms with Gasteiger partial charge in [-0.2, -0.15) is 0 Å². The highest BCUT2D eigenvalue weighted by atomic mass is 32.2. The minimum atomic E-state index is -0.490. The highest BCUT2D eigenvalue weighted by Crippen LogP contribution is 2.35. The van der Waals surface area contributed by atoms with Gasteiger partial charge < -0.3 is 10.6 Å². The first-order valence-electron chi connectivity index (χ1n) is 8.87. The molecule has 2 rings (SSSR count). The van der Waals surface area contributed by atoms with E-state index in [1.165, 1.54) is 17.8 Å². The quantitative estimate of drug-likeness (QED) is 0.400. The number of nitrogens with one attached hydrogen (secondary N) is 2. The smallest absolute Gasteiger partial charge is 0.284 e. The van der Waals surface area contributed by atoms with Crippen molar-refractivity contribution in [2.45, 2.75) is 30.6 Å². The van der Waals surface area contributed by atoms with Crippen molar-refractivity contribution in [1.29, 1.82) is 0 Å². The number of amides is 2. The summed E-state index contributed by atoms with van der Waals surface area (Å²) < 4.78 is 0. The molecular formula is C20H23N3O4S. The van der Waals surface area contributed by atoms with E-state index in [0.29, 0.717) is 11.4 Å². The number of benzene rings is 2. The Labute approximate surface area is 168 Å². The molecule has 7 nitrogen and oxygen atoms in total. The summed E-state index contributed by atoms with van der Waals surface area (Å²) in [5.74, 6) is -0.645. The number of nitrogens with zero attached hydrogens (tertiary/aromatic N) is 1. The maximum Gasteiger partial charge on any atom is 0.284 e. The Morgan fingerprint density at radius 2 is 1.71 bits per heavy atom. The zero-order valence-electron chi connectivity index (χ0n) is 16.0. The second-order valence-corrected chi connectivity index (χ2v) is 7.67. The molecule has 8 heteroatoms. The van der Waals surface area contributed by atoms with Crippen LogP contribution in [0, 0.1) is 23.0 Å². The van der Waals surface area contributed by atoms with Gasteiger partial charge in [0.1, 0.15) is 0 Å². The topological polar surface area (TPSA) is 101 Å². The Hall–Kier alpha value is -2.87. The van der Waals surface area contributed by atoms with Crippen LogP contribution in [0.5, 0.6) is 0 Å². The minimum absolute atomic E-state index is 0.0950. The lowest BCUT2D eigenvalue weighted by atomic mass is 10.2. The van der Waals surface area contributed by atoms with Gasteiger partial charge in [0.05, 0.1) is 9.82 Å². The van der Waals surface area contributed by atoms with Crippen LogP contribution in [0.2, 0.25) is 0 Å². The Balaban J connectivity index is 2.04. The van der Waals surface area contributed by atoms with E-state index in [0.717, 1.165) is 10.5 Å². The van der Waals surface area contributed by atoms with Gasteiger partial charge in [-0.25, -0.2) is 0 Å². The molecule has 0 atom stereocenters. The van der Waals surface area contributed by atoms with Crippen LogP contribution in [-0.2, 0) is 4.79 Å². The summed E-state index contributed by atoms with van der Waals surface area (Å²) >= 11 is 1.28. The predicted molar refractivity (Wildman–Crippen MR) is 109 cm³/mol. The van der Waals surface area contributed by atoms with Gasteiger partial charge in [0, 0.05) is 35.5 Å². The van der Waals surface area contributed by atoms with Gasteiger partial charge in [0.2, 0.25) is 5.91 Å². The maximum atomic E-state index is 12.3. The van der Waals surface area contributed by atoms with Crippen molar-refractivity contribution < 1.29 is 14.5 Å². The molecule has 0 spiro atoms. The second-order valence-electron chi connectivity index (χ2n) is 6.56. The zero-order valence-corrected chi connectivity index (χ0v) is 16.8. The zero-order chi connectivity index (χ0) is 20.7. The lowest BCUT2D eigenvalue weighted by Crippen LogP contribution is -2.36. The molecule has 0 aromatic heterocycles. The highest BCUT2D eigenvalue weighted by molar-refractivity contribution is 7.99. The van der Waals surface area contributed by atoms with E-state index in [1.807, 2.05) is 31.2 Å². The third-order valence-electron chi connectivity index (χ3n) is 3.90. The summed E-state index contributed by atoms with van der Waals surface area (Å²) in [6.07, 6.45) is 0. The van der Waals surface area contributed by atoms with Crippen molar-refractivity contribution >= 4 is 29.3 Å². The number of hydrogen-bond donors (Lipinski definition) is 2. The average Bonchev–Trinajstić information content (AvgIpc) is 2.66. The highest BCUT2D eigenvalue weighted by Gasteiger charge is 2.18. The summed E-state index contributed by atoms with van der Waals surface area (Å²) in [6.45, 7) is 6.07. The van der Waals surface area contributed by atoms with Gasteiger partial charge in [-0.05, 0) is 31.2 Å². The van der Waals surface area contributed by atoms with Gasteiger partial charge >= 0.3 is 0 Å². The molecule has 0 radical (unpaired) electrons. The third kappa shape index (κ3) is 6.09. The van der Waals surface area contributed by atoms with Crippen LogP contribution in [0.3, 0.4) is 0 Å². The summed E-state index contributed by atoms with van der Waals surface area (Å²) in [5.41, 5.74) is 1.19. The van der Waals surface area contributed by atoms with E-state index in [2.05, 4.69) is 10.6 Å². The number of nitro groups is 1. The van der Waals surface area contributed by atoms with Crippen LogP contribution in [0.25, 0.3) is 0 Å². The fourth-order valence-electron chi connectivity index (χ4n) is 2.29. The van der Waals surface area contributed by atoms with Crippen molar-refractivity contribution in [1.82, 2.24) is 10.6 Å². The normalized spacial score (nSPS) is 10.6. The number of nitro benzene ring substituents is 1. The standard InChI is InChI=1S/C20H23N3O4S/c1-13(2)19(24)21-10-11-22-20(25)15-6-9-18(17(12-15)23(26)27)28-16-7-4-14(3)5-8-16/h4-9,12-13H,10-11H2,1-3H3,(H,21,24)(H,22,25). The Bertz CT molecular complexity index is 866. The van der Waals surface area contributed by atoms with E-state index in [9.17, 15) is 19.7 Å². The third-order valence-corrected chi connectivity index (χ3v) is 4.97. The van der Waals surface area contributed by atoms with Gasteiger partial charge in [-0.15, -0.1) is 0 Å². The lowest BCUT2D eigenvalue weighted by molar-refractivity contribution is -0.387. The van der Waals surface area contributed by atoms with E-state index in [4.69, 9.17) is 0 Å². The second kappa shape index (κ2) is 9.89. The van der Waals surface area contributed by atoms with Gasteiger partial charge in [0.15, 0.2) is 0 Å². The Morgan fingerprint density at radius 1 is 1.07 bits per heavy atom. The van der Waals surface area contributed by atoms with Crippen LogP contribution in [0.1, 0.15) is 29.8 Å². The Morgan fingerprint density at radius 3 is 2.32 bits per heavy atom. The number of carbonyl (C=O) groups is 2. The van der Waals surface area contributed by atoms with Crippen LogP contribution in [-0.4, -0.2) is 29.8 Å². The first-order chi connectivity index (χ1) is 13.3. The van der Waals surface area contributed by atoms with Crippen LogP contribution in [0.15, 0.2) is 52.3 Å². The van der Waals surface area contributed by atoms with Crippen molar-refractivity contribution in [3.05, 3.63) is 63.7 Å². The molecule has 2 aromatic carbocycles. The molecule has 0 heterocycles. The number of hydrogen-bond acceptors (Lipinski definition) is 5. The molecular weight excluding hydrogens is 378 g/mol. The fourth-order valence-corrected chi connectivity index (χ4v) is 3.19. The molecule has 0 saturated heterocycles. The van der Waals surface area contributed by atoms with E-state index in [-0.39, 0.29) is 29.6 Å². The number of carbonyl (C=O) groups excluding carboxylic acids is 2. The fraction of sp³-hybridized carbons (Fsp3) is 0.300. The van der Waals surface area contributed by atoms with Gasteiger partial charge in [-0.3, -0.25) is 19.7 Å². The molecule has 0 unspecified atom stereocenters. The van der Waals surface area contributed by atoms with E-state index >= 15 is 0 Å². The first kappa shape index (κ1) is 21.4. The Kier molecular flexibility index (Phi) is 7.57. The number of aryl methyl sites for hydroxylation is 1. The first-order valence-corrected chi connectivity index (χ1v) is 9.68. The SMILES string of the molecule is Cc1ccc(Sc2ccc(C(=O)NCCNC(=O)C(C)C)cc2[N+](=O)[O-])cc1. The summed E-state index contributed by atoms with van der Waals surface area (Å²) in [6, 6.07) is 12.1. The van der Waals surface area contributed by atoms with Crippen LogP contribution >= 0.6 is 11.8 Å². The molecule has 0 fully saturated rings. The van der Waals surface area contributed by atoms with E-state index in [1.54, 1.807) is 26.0 Å². The van der Waals surface area contributed by atoms with Crippen molar-refractivity contribution in [3.63, 3.8) is 0 Å². The molecule has 0 aliphatic carbocycles. The van der Waals surface area contributed by atoms with E-state index < -0.39 is 10.8 Å². The molecule has 0 aliphatic heterocycles. The predicted octanol–water partition coefficient (Wildman–Crippen LogP) is 3.56. The summed E-state index contributed by atoms with van der Waals surface area (Å²) in [7, 11) is 0. The molecule has 0 saturated carbocycles. The van der Waals surface area contributed by atoms with Crippen molar-refractivity contribution in [2.24, 2.45) is 5.92 Å². The molecule has 28 heavy (non-hydrogen) atoms. The van der Waals surface area contributed by atoms with Crippen molar-refractivity contribution in [2.75, 3.05) is 13.1 Å². The average molecular weight is 401 g/mol. The lowest BCUT2D eigenvalue weighted by Gasteiger charge is -2.09. The number of rotatable bonds is 8. The van der Waals surface area contributed by atoms with Crippen LogP contribution < -0.4 is 10.6 Å². The molecule has 0 bridgehead atoms. The molecule has 0 aliphatic rings. The molecule has 148 valence electrons. The van der Waals surface area contributed by atoms with Gasteiger partial charge in [0.25, 0.3) is 11.6 Å². The molecule has 2 amide bonds. The maximum absolute atomic E-state index is 12.3. The van der Waals surface area contributed by atoms with Gasteiger partial charge in [-0.1, -0.05) is 43.3 Å². The summed E-state index contributed by atoms with van der Waals surface area (Å²) in [5, 5.41) is 16.8. The largest absolute Gasteiger partial charge is 0.354 e. The van der Waals surface area contributed by atoms with Crippen LogP contribution in [0.4, 0.5) is 5.69 Å². The molecule has 2 aromatic rings. The summed E-state index contributed by atoms with van der Waals surface area (Å²) in [4.78, 5) is 36.0. The minimum Gasteiger partial charge on any atom is -0.354 e. The molecule has 2 N–H and O–H groups in total.